The quantitative estimate of drug-likeness (QED) is 0.149. The van der Waals surface area contributed by atoms with Gasteiger partial charge in [0.25, 0.3) is 5.91 Å². The first-order valence-electron chi connectivity index (χ1n) is 9.65. The summed E-state index contributed by atoms with van der Waals surface area (Å²) in [4.78, 5) is 32.5. The first-order valence-corrected chi connectivity index (χ1v) is 11.1. The Morgan fingerprint density at radius 2 is 1.97 bits per heavy atom. The minimum absolute atomic E-state index is 0.0176. The number of carboxylic acid groups (broad SMARTS) is 1. The van der Waals surface area contributed by atoms with Gasteiger partial charge in [-0.15, -0.1) is 0 Å². The van der Waals surface area contributed by atoms with Crippen LogP contribution in [-0.2, 0) is 24.4 Å². The fraction of sp³-hybridized carbons (Fsp3) is 0.444. The van der Waals surface area contributed by atoms with Crippen molar-refractivity contribution in [2.24, 2.45) is 21.6 Å². The molecule has 0 radical (unpaired) electrons. The van der Waals surface area contributed by atoms with Crippen LogP contribution >= 0.6 is 0 Å². The SMILES string of the molecule is NC(N)=NCCCCC1CC(C(=O)NC[C@H](NS(=O)(=O)c2ccc(F)cc2)C(=O)O)=NO1. The first kappa shape index (κ1) is 25.0. The minimum Gasteiger partial charge on any atom is -0.480 e. The Labute approximate surface area is 183 Å². The number of aliphatic carboxylic acids is 1. The van der Waals surface area contributed by atoms with E-state index in [0.29, 0.717) is 13.0 Å². The average Bonchev–Trinajstić information content (AvgIpc) is 3.19. The van der Waals surface area contributed by atoms with Crippen LogP contribution < -0.4 is 21.5 Å². The Morgan fingerprint density at radius 1 is 1.28 bits per heavy atom. The highest BCUT2D eigenvalue weighted by Gasteiger charge is 2.29. The molecule has 1 aromatic rings. The summed E-state index contributed by atoms with van der Waals surface area (Å²) < 4.78 is 39.6. The number of nitrogens with zero attached hydrogens (tertiary/aromatic N) is 2. The fourth-order valence-electron chi connectivity index (χ4n) is 2.75. The largest absolute Gasteiger partial charge is 0.480 e. The molecule has 0 saturated heterocycles. The normalized spacial score (nSPS) is 16.5. The molecule has 0 spiro atoms. The molecule has 12 nitrogen and oxygen atoms in total. The molecule has 7 N–H and O–H groups in total. The van der Waals surface area contributed by atoms with Gasteiger partial charge in [-0.1, -0.05) is 5.16 Å². The molecule has 0 aromatic heterocycles. The molecule has 2 rings (SSSR count). The van der Waals surface area contributed by atoms with Crippen molar-refractivity contribution in [3.63, 3.8) is 0 Å². The highest BCUT2D eigenvalue weighted by molar-refractivity contribution is 7.89. The summed E-state index contributed by atoms with van der Waals surface area (Å²) in [5, 5.41) is 15.4. The molecular formula is C18H25FN6O6S. The third-order valence-electron chi connectivity index (χ3n) is 4.41. The van der Waals surface area contributed by atoms with E-state index in [1.807, 2.05) is 4.72 Å². The number of amides is 1. The van der Waals surface area contributed by atoms with Crippen molar-refractivity contribution in [2.45, 2.75) is 42.7 Å². The van der Waals surface area contributed by atoms with E-state index in [9.17, 15) is 27.5 Å². The second-order valence-corrected chi connectivity index (χ2v) is 8.66. The molecule has 1 unspecified atom stereocenters. The number of carbonyl (C=O) groups is 2. The van der Waals surface area contributed by atoms with E-state index in [4.69, 9.17) is 16.3 Å². The zero-order valence-electron chi connectivity index (χ0n) is 17.0. The Hall–Kier alpha value is -3.26. The number of oxime groups is 1. The van der Waals surface area contributed by atoms with Gasteiger partial charge in [0.05, 0.1) is 4.90 Å². The standard InChI is InChI=1S/C18H25FN6O6S/c19-11-4-6-13(7-5-11)32(29,30)25-15(17(27)28)10-23-16(26)14-9-12(31-24-14)3-1-2-8-22-18(20)21/h4-7,12,15,25H,1-3,8-10H2,(H,23,26)(H,27,28)(H4,20,21,22)/t12?,15-/m0/s1. The number of hydrogen-bond acceptors (Lipinski definition) is 7. The predicted molar refractivity (Wildman–Crippen MR) is 113 cm³/mol. The number of carbonyl (C=O) groups excluding carboxylic acids is 1. The number of guanidine groups is 1. The van der Waals surface area contributed by atoms with Gasteiger partial charge < -0.3 is 26.7 Å². The molecule has 1 aliphatic heterocycles. The van der Waals surface area contributed by atoms with E-state index in [2.05, 4.69) is 15.5 Å². The van der Waals surface area contributed by atoms with Crippen LogP contribution in [0.1, 0.15) is 25.7 Å². The summed E-state index contributed by atoms with van der Waals surface area (Å²) in [6, 6.07) is 2.21. The topological polar surface area (TPSA) is 199 Å². The number of nitrogens with one attached hydrogen (secondary N) is 2. The summed E-state index contributed by atoms with van der Waals surface area (Å²) in [5.74, 6) is -2.79. The maximum atomic E-state index is 13.0. The number of carboxylic acids is 1. The monoisotopic (exact) mass is 472 g/mol. The maximum Gasteiger partial charge on any atom is 0.323 e. The number of halogens is 1. The molecule has 0 saturated carbocycles. The lowest BCUT2D eigenvalue weighted by molar-refractivity contribution is -0.138. The van der Waals surface area contributed by atoms with Crippen molar-refractivity contribution in [3.8, 4) is 0 Å². The van der Waals surface area contributed by atoms with Crippen LogP contribution in [0.4, 0.5) is 4.39 Å². The van der Waals surface area contributed by atoms with Gasteiger partial charge in [0.1, 0.15) is 23.7 Å². The second-order valence-electron chi connectivity index (χ2n) is 6.95. The molecule has 32 heavy (non-hydrogen) atoms. The van der Waals surface area contributed by atoms with Gasteiger partial charge in [-0.25, -0.2) is 12.8 Å². The van der Waals surface area contributed by atoms with E-state index < -0.39 is 40.3 Å². The summed E-state index contributed by atoms with van der Waals surface area (Å²) >= 11 is 0. The van der Waals surface area contributed by atoms with Gasteiger partial charge in [0, 0.05) is 19.5 Å². The minimum atomic E-state index is -4.25. The van der Waals surface area contributed by atoms with E-state index >= 15 is 0 Å². The predicted octanol–water partition coefficient (Wildman–Crippen LogP) is -0.738. The van der Waals surface area contributed by atoms with E-state index in [1.165, 1.54) is 0 Å². The first-order chi connectivity index (χ1) is 15.1. The molecule has 1 aromatic carbocycles. The van der Waals surface area contributed by atoms with Crippen LogP contribution in [-0.4, -0.2) is 62.3 Å². The Morgan fingerprint density at radius 3 is 2.59 bits per heavy atom. The molecule has 0 bridgehead atoms. The Kier molecular flexibility index (Phi) is 8.90. The molecule has 14 heteroatoms. The highest BCUT2D eigenvalue weighted by atomic mass is 32.2. The maximum absolute atomic E-state index is 13.0. The average molecular weight is 472 g/mol. The van der Waals surface area contributed by atoms with Crippen molar-refractivity contribution in [3.05, 3.63) is 30.1 Å². The van der Waals surface area contributed by atoms with E-state index in [1.54, 1.807) is 0 Å². The molecule has 176 valence electrons. The fourth-order valence-corrected chi connectivity index (χ4v) is 3.94. The van der Waals surface area contributed by atoms with Gasteiger partial charge >= 0.3 is 5.97 Å². The zero-order valence-corrected chi connectivity index (χ0v) is 17.8. The third-order valence-corrected chi connectivity index (χ3v) is 5.90. The smallest absolute Gasteiger partial charge is 0.323 e. The van der Waals surface area contributed by atoms with Crippen LogP contribution in [0, 0.1) is 5.82 Å². The third kappa shape index (κ3) is 7.77. The molecule has 0 fully saturated rings. The van der Waals surface area contributed by atoms with E-state index in [-0.39, 0.29) is 29.1 Å². The summed E-state index contributed by atoms with van der Waals surface area (Å²) in [6.07, 6.45) is 2.02. The van der Waals surface area contributed by atoms with Gasteiger partial charge in [0.2, 0.25) is 10.0 Å². The Bertz CT molecular complexity index is 978. The molecule has 1 aliphatic rings. The molecular weight excluding hydrogens is 447 g/mol. The van der Waals surface area contributed by atoms with Gasteiger partial charge in [-0.2, -0.15) is 4.72 Å². The van der Waals surface area contributed by atoms with Crippen molar-refractivity contribution in [1.82, 2.24) is 10.0 Å². The van der Waals surface area contributed by atoms with Crippen molar-refractivity contribution in [2.75, 3.05) is 13.1 Å². The number of nitrogens with two attached hydrogens (primary N) is 2. The number of hydrogen-bond donors (Lipinski definition) is 5. The van der Waals surface area contributed by atoms with Crippen LogP contribution in [0.25, 0.3) is 0 Å². The lowest BCUT2D eigenvalue weighted by Gasteiger charge is -2.15. The highest BCUT2D eigenvalue weighted by Crippen LogP contribution is 2.17. The number of sulfonamides is 1. The molecule has 1 heterocycles. The lowest BCUT2D eigenvalue weighted by Crippen LogP contribution is -2.49. The summed E-state index contributed by atoms with van der Waals surface area (Å²) in [7, 11) is -4.25. The van der Waals surface area contributed by atoms with Crippen molar-refractivity contribution in [1.29, 1.82) is 0 Å². The molecule has 2 atom stereocenters. The summed E-state index contributed by atoms with van der Waals surface area (Å²) in [5.41, 5.74) is 10.5. The molecule has 0 aliphatic carbocycles. The van der Waals surface area contributed by atoms with Crippen molar-refractivity contribution >= 4 is 33.6 Å². The number of unbranched alkanes of at least 4 members (excludes halogenated alkanes) is 1. The van der Waals surface area contributed by atoms with Gasteiger partial charge in [-0.05, 0) is 43.5 Å². The van der Waals surface area contributed by atoms with Gasteiger partial charge in [0.15, 0.2) is 5.96 Å². The van der Waals surface area contributed by atoms with Crippen LogP contribution in [0.15, 0.2) is 39.3 Å². The van der Waals surface area contributed by atoms with Crippen molar-refractivity contribution < 1.29 is 32.3 Å². The number of benzene rings is 1. The van der Waals surface area contributed by atoms with E-state index in [0.717, 1.165) is 37.1 Å². The number of rotatable bonds is 12. The Balaban J connectivity index is 1.82. The molecule has 1 amide bonds. The van der Waals surface area contributed by atoms with Gasteiger partial charge in [-0.3, -0.25) is 14.6 Å². The van der Waals surface area contributed by atoms with Crippen LogP contribution in [0.2, 0.25) is 0 Å². The van der Waals surface area contributed by atoms with Crippen LogP contribution in [0.3, 0.4) is 0 Å². The zero-order chi connectivity index (χ0) is 23.7. The lowest BCUT2D eigenvalue weighted by atomic mass is 10.1. The summed E-state index contributed by atoms with van der Waals surface area (Å²) in [6.45, 7) is -0.0511. The number of aliphatic imine (C=N–C) groups is 1. The second kappa shape index (κ2) is 11.4. The van der Waals surface area contributed by atoms with Crippen LogP contribution in [0.5, 0.6) is 0 Å².